The standard InChI is InChI=1S/C19H20ClN5O4S/c1-26-19-23-25-11-15(21-18(25)30-19)14-9-16-17(8-12(20)10-24(16)22-14)29-7-6-28-13-2-4-27-5-3-13/h8-11,13H,2-7H2,1H3. The monoisotopic (exact) mass is 449 g/mol. The van der Waals surface area contributed by atoms with Crippen molar-refractivity contribution in [3.63, 3.8) is 0 Å². The van der Waals surface area contributed by atoms with Crippen LogP contribution in [0.3, 0.4) is 0 Å². The number of pyridine rings is 1. The minimum Gasteiger partial charge on any atom is -0.489 e. The Bertz CT molecular complexity index is 1140. The van der Waals surface area contributed by atoms with Crippen molar-refractivity contribution in [2.45, 2.75) is 18.9 Å². The zero-order chi connectivity index (χ0) is 20.5. The first-order valence-electron chi connectivity index (χ1n) is 9.61. The van der Waals surface area contributed by atoms with Gasteiger partial charge >= 0.3 is 0 Å². The van der Waals surface area contributed by atoms with Crippen LogP contribution in [0.4, 0.5) is 0 Å². The Morgan fingerprint density at radius 2 is 2.00 bits per heavy atom. The Kier molecular flexibility index (Phi) is 5.47. The van der Waals surface area contributed by atoms with E-state index in [4.69, 9.17) is 30.5 Å². The maximum Gasteiger partial charge on any atom is 0.294 e. The zero-order valence-electron chi connectivity index (χ0n) is 16.3. The number of aromatic nitrogens is 5. The molecule has 5 rings (SSSR count). The molecule has 4 aromatic rings. The summed E-state index contributed by atoms with van der Waals surface area (Å²) in [5.74, 6) is 0.651. The third-order valence-electron chi connectivity index (χ3n) is 4.83. The number of hydrogen-bond acceptors (Lipinski definition) is 8. The minimum absolute atomic E-state index is 0.241. The summed E-state index contributed by atoms with van der Waals surface area (Å²) in [4.78, 5) is 5.32. The van der Waals surface area contributed by atoms with Crippen molar-refractivity contribution < 1.29 is 18.9 Å². The van der Waals surface area contributed by atoms with Crippen LogP contribution in [0.15, 0.2) is 24.5 Å². The van der Waals surface area contributed by atoms with E-state index in [1.54, 1.807) is 28.4 Å². The highest BCUT2D eigenvalue weighted by Gasteiger charge is 2.16. The van der Waals surface area contributed by atoms with E-state index in [-0.39, 0.29) is 6.10 Å². The van der Waals surface area contributed by atoms with Crippen molar-refractivity contribution in [1.82, 2.24) is 24.2 Å². The first kappa shape index (κ1) is 19.6. The van der Waals surface area contributed by atoms with Gasteiger partial charge in [-0.1, -0.05) is 11.6 Å². The highest BCUT2D eigenvalue weighted by Crippen LogP contribution is 2.30. The summed E-state index contributed by atoms with van der Waals surface area (Å²) < 4.78 is 25.7. The fraction of sp³-hybridized carbons (Fsp3) is 0.421. The number of halogens is 1. The van der Waals surface area contributed by atoms with Gasteiger partial charge in [0, 0.05) is 25.5 Å². The lowest BCUT2D eigenvalue weighted by Gasteiger charge is -2.22. The Morgan fingerprint density at radius 1 is 1.13 bits per heavy atom. The fourth-order valence-corrected chi connectivity index (χ4v) is 4.26. The van der Waals surface area contributed by atoms with Crippen LogP contribution < -0.4 is 9.47 Å². The molecule has 1 aliphatic heterocycles. The highest BCUT2D eigenvalue weighted by atomic mass is 35.5. The van der Waals surface area contributed by atoms with Gasteiger partial charge in [0.25, 0.3) is 5.19 Å². The summed E-state index contributed by atoms with van der Waals surface area (Å²) in [6.45, 7) is 2.45. The lowest BCUT2D eigenvalue weighted by Crippen LogP contribution is -2.25. The van der Waals surface area contributed by atoms with E-state index in [0.29, 0.717) is 40.6 Å². The van der Waals surface area contributed by atoms with E-state index in [2.05, 4.69) is 15.2 Å². The van der Waals surface area contributed by atoms with Gasteiger partial charge in [0.15, 0.2) is 0 Å². The van der Waals surface area contributed by atoms with E-state index in [0.717, 1.165) is 36.5 Å². The van der Waals surface area contributed by atoms with Gasteiger partial charge in [0.1, 0.15) is 29.3 Å². The molecule has 0 saturated carbocycles. The van der Waals surface area contributed by atoms with Crippen molar-refractivity contribution in [1.29, 1.82) is 0 Å². The summed E-state index contributed by atoms with van der Waals surface area (Å²) in [7, 11) is 1.58. The number of fused-ring (bicyclic) bond motifs is 2. The molecule has 5 heterocycles. The first-order chi connectivity index (χ1) is 14.7. The normalized spacial score (nSPS) is 15.3. The lowest BCUT2D eigenvalue weighted by molar-refractivity contribution is -0.0387. The summed E-state index contributed by atoms with van der Waals surface area (Å²) in [6.07, 6.45) is 5.66. The molecule has 0 radical (unpaired) electrons. The van der Waals surface area contributed by atoms with Crippen LogP contribution in [-0.2, 0) is 9.47 Å². The number of hydrogen-bond donors (Lipinski definition) is 0. The zero-order valence-corrected chi connectivity index (χ0v) is 17.9. The number of rotatable bonds is 7. The van der Waals surface area contributed by atoms with Crippen LogP contribution in [0, 0.1) is 0 Å². The molecule has 30 heavy (non-hydrogen) atoms. The van der Waals surface area contributed by atoms with Gasteiger partial charge in [0.2, 0.25) is 4.96 Å². The lowest BCUT2D eigenvalue weighted by atomic mass is 10.2. The molecule has 4 aromatic heterocycles. The molecule has 1 fully saturated rings. The number of ether oxygens (including phenoxy) is 4. The smallest absolute Gasteiger partial charge is 0.294 e. The van der Waals surface area contributed by atoms with Gasteiger partial charge in [-0.2, -0.15) is 5.10 Å². The van der Waals surface area contributed by atoms with Crippen LogP contribution in [0.1, 0.15) is 12.8 Å². The minimum atomic E-state index is 0.241. The summed E-state index contributed by atoms with van der Waals surface area (Å²) >= 11 is 7.63. The van der Waals surface area contributed by atoms with E-state index in [1.807, 2.05) is 12.3 Å². The molecule has 0 bridgehead atoms. The molecule has 1 saturated heterocycles. The van der Waals surface area contributed by atoms with Gasteiger partial charge < -0.3 is 18.9 Å². The molecule has 0 unspecified atom stereocenters. The second-order valence-corrected chi connectivity index (χ2v) is 8.19. The molecule has 11 heteroatoms. The SMILES string of the molecule is COc1nn2cc(-c3cc4c(OCCOC5CCOCC5)cc(Cl)cn4n3)nc2s1. The quantitative estimate of drug-likeness (QED) is 0.400. The third kappa shape index (κ3) is 3.95. The molecule has 0 spiro atoms. The van der Waals surface area contributed by atoms with Crippen LogP contribution >= 0.6 is 22.9 Å². The average molecular weight is 450 g/mol. The van der Waals surface area contributed by atoms with E-state index < -0.39 is 0 Å². The molecule has 9 nitrogen and oxygen atoms in total. The second-order valence-electron chi connectivity index (χ2n) is 6.84. The molecular formula is C19H20ClN5O4S. The van der Waals surface area contributed by atoms with Gasteiger partial charge in [-0.05, 0) is 30.2 Å². The Hall–Kier alpha value is -2.40. The van der Waals surface area contributed by atoms with Crippen molar-refractivity contribution in [2.75, 3.05) is 33.5 Å². The molecule has 0 aliphatic carbocycles. The van der Waals surface area contributed by atoms with Crippen molar-refractivity contribution >= 4 is 33.4 Å². The van der Waals surface area contributed by atoms with Gasteiger partial charge in [-0.15, -0.1) is 5.10 Å². The summed E-state index contributed by atoms with van der Waals surface area (Å²) in [5.41, 5.74) is 2.23. The summed E-state index contributed by atoms with van der Waals surface area (Å²) in [6, 6.07) is 3.71. The maximum absolute atomic E-state index is 6.27. The van der Waals surface area contributed by atoms with Crippen LogP contribution in [0.25, 0.3) is 21.9 Å². The predicted molar refractivity (Wildman–Crippen MR) is 112 cm³/mol. The molecule has 1 aliphatic rings. The Labute approximate surface area is 181 Å². The number of nitrogens with zero attached hydrogens (tertiary/aromatic N) is 5. The van der Waals surface area contributed by atoms with Gasteiger partial charge in [-0.25, -0.2) is 14.0 Å². The summed E-state index contributed by atoms with van der Waals surface area (Å²) in [5, 5.41) is 10.00. The molecular weight excluding hydrogens is 430 g/mol. The van der Waals surface area contributed by atoms with Gasteiger partial charge in [0.05, 0.1) is 31.0 Å². The Morgan fingerprint density at radius 3 is 2.80 bits per heavy atom. The van der Waals surface area contributed by atoms with E-state index >= 15 is 0 Å². The van der Waals surface area contributed by atoms with Crippen molar-refractivity contribution in [3.05, 3.63) is 29.5 Å². The fourth-order valence-electron chi connectivity index (χ4n) is 3.37. The van der Waals surface area contributed by atoms with Crippen LogP contribution in [-0.4, -0.2) is 63.9 Å². The maximum atomic E-state index is 6.27. The van der Waals surface area contributed by atoms with Crippen molar-refractivity contribution in [3.8, 4) is 22.3 Å². The van der Waals surface area contributed by atoms with Crippen LogP contribution in [0.5, 0.6) is 10.9 Å². The topological polar surface area (TPSA) is 84.4 Å². The highest BCUT2D eigenvalue weighted by molar-refractivity contribution is 7.18. The second kappa shape index (κ2) is 8.38. The molecule has 0 atom stereocenters. The largest absolute Gasteiger partial charge is 0.489 e. The predicted octanol–water partition coefficient (Wildman–Crippen LogP) is 3.34. The Balaban J connectivity index is 1.33. The van der Waals surface area contributed by atoms with E-state index in [9.17, 15) is 0 Å². The van der Waals surface area contributed by atoms with E-state index in [1.165, 1.54) is 11.3 Å². The third-order valence-corrected chi connectivity index (χ3v) is 5.92. The average Bonchev–Trinajstić information content (AvgIpc) is 3.44. The van der Waals surface area contributed by atoms with Crippen molar-refractivity contribution in [2.24, 2.45) is 0 Å². The van der Waals surface area contributed by atoms with Crippen LogP contribution in [0.2, 0.25) is 5.02 Å². The molecule has 0 amide bonds. The number of methoxy groups -OCH3 is 1. The molecule has 158 valence electrons. The molecule has 0 N–H and O–H groups in total. The first-order valence-corrected chi connectivity index (χ1v) is 10.8. The number of imidazole rings is 1. The molecule has 0 aromatic carbocycles. The van der Waals surface area contributed by atoms with Gasteiger partial charge in [-0.3, -0.25) is 0 Å².